The fourth-order valence-corrected chi connectivity index (χ4v) is 1.87. The number of carbonyl (C=O) groups is 1. The second kappa shape index (κ2) is 4.67. The largest absolute Gasteiger partial charge is 0.476 e. The summed E-state index contributed by atoms with van der Waals surface area (Å²) in [5, 5.41) is 18.6. The average Bonchev–Trinajstić information content (AvgIpc) is 2.33. The first-order valence-corrected chi connectivity index (χ1v) is 5.56. The number of anilines is 1. The number of carboxylic acid groups (broad SMARTS) is 1. The maximum atomic E-state index is 10.8. The highest BCUT2D eigenvalue weighted by molar-refractivity contribution is 5.85. The summed E-state index contributed by atoms with van der Waals surface area (Å²) in [5.41, 5.74) is -0.0735. The summed E-state index contributed by atoms with van der Waals surface area (Å²) in [7, 11) is 0. The highest BCUT2D eigenvalue weighted by Crippen LogP contribution is 2.21. The van der Waals surface area contributed by atoms with Crippen molar-refractivity contribution < 1.29 is 15.0 Å². The van der Waals surface area contributed by atoms with Gasteiger partial charge in [0.25, 0.3) is 0 Å². The van der Waals surface area contributed by atoms with Crippen molar-refractivity contribution in [2.75, 3.05) is 18.0 Å². The van der Waals surface area contributed by atoms with Crippen LogP contribution in [-0.4, -0.2) is 45.3 Å². The first-order chi connectivity index (χ1) is 8.08. The molecule has 92 valence electrons. The summed E-state index contributed by atoms with van der Waals surface area (Å²) < 4.78 is 0. The van der Waals surface area contributed by atoms with E-state index in [9.17, 15) is 9.90 Å². The molecule has 6 nitrogen and oxygen atoms in total. The van der Waals surface area contributed by atoms with Crippen LogP contribution in [0, 0.1) is 5.92 Å². The zero-order valence-electron chi connectivity index (χ0n) is 9.58. The summed E-state index contributed by atoms with van der Waals surface area (Å²) in [6.07, 6.45) is 3.20. The summed E-state index contributed by atoms with van der Waals surface area (Å²) in [6, 6.07) is 0. The first-order valence-electron chi connectivity index (χ1n) is 5.56. The monoisotopic (exact) mass is 237 g/mol. The smallest absolute Gasteiger partial charge is 0.356 e. The quantitative estimate of drug-likeness (QED) is 0.773. The molecule has 1 aliphatic heterocycles. The standard InChI is InChI=1S/C11H15N3O3/c1-7-2-3-14(6-9(7)15)10-5-12-4-8(13-10)11(16)17/h4-5,7,9,15H,2-3,6H2,1H3,(H,16,17). The zero-order chi connectivity index (χ0) is 12.4. The Labute approximate surface area is 98.9 Å². The van der Waals surface area contributed by atoms with Crippen molar-refractivity contribution in [2.24, 2.45) is 5.92 Å². The van der Waals surface area contributed by atoms with Gasteiger partial charge in [-0.3, -0.25) is 4.98 Å². The third-order valence-corrected chi connectivity index (χ3v) is 3.08. The Hall–Kier alpha value is -1.69. The van der Waals surface area contributed by atoms with Crippen molar-refractivity contribution in [3.05, 3.63) is 18.1 Å². The fourth-order valence-electron chi connectivity index (χ4n) is 1.87. The van der Waals surface area contributed by atoms with Gasteiger partial charge in [-0.15, -0.1) is 0 Å². The lowest BCUT2D eigenvalue weighted by molar-refractivity contribution is 0.0690. The Balaban J connectivity index is 2.17. The summed E-state index contributed by atoms with van der Waals surface area (Å²) in [4.78, 5) is 20.5. The third-order valence-electron chi connectivity index (χ3n) is 3.08. The van der Waals surface area contributed by atoms with Gasteiger partial charge in [-0.05, 0) is 12.3 Å². The predicted molar refractivity (Wildman–Crippen MR) is 61.0 cm³/mol. The van der Waals surface area contributed by atoms with Crippen LogP contribution in [0.1, 0.15) is 23.8 Å². The van der Waals surface area contributed by atoms with Gasteiger partial charge in [0.1, 0.15) is 5.82 Å². The molecule has 0 aromatic carbocycles. The molecule has 17 heavy (non-hydrogen) atoms. The third kappa shape index (κ3) is 2.52. The van der Waals surface area contributed by atoms with Crippen LogP contribution >= 0.6 is 0 Å². The number of hydrogen-bond donors (Lipinski definition) is 2. The molecule has 1 saturated heterocycles. The van der Waals surface area contributed by atoms with Crippen LogP contribution in [0.3, 0.4) is 0 Å². The van der Waals surface area contributed by atoms with E-state index in [1.807, 2.05) is 11.8 Å². The van der Waals surface area contributed by atoms with Gasteiger partial charge in [0.15, 0.2) is 5.69 Å². The van der Waals surface area contributed by atoms with E-state index < -0.39 is 12.1 Å². The molecule has 0 amide bonds. The van der Waals surface area contributed by atoms with E-state index in [2.05, 4.69) is 9.97 Å². The van der Waals surface area contributed by atoms with Gasteiger partial charge in [-0.2, -0.15) is 0 Å². The molecule has 2 unspecified atom stereocenters. The van der Waals surface area contributed by atoms with Gasteiger partial charge in [0, 0.05) is 13.1 Å². The number of rotatable bonds is 2. The molecule has 0 bridgehead atoms. The second-order valence-corrected chi connectivity index (χ2v) is 4.35. The molecule has 2 atom stereocenters. The Morgan fingerprint density at radius 2 is 2.29 bits per heavy atom. The van der Waals surface area contributed by atoms with Gasteiger partial charge in [0.05, 0.1) is 18.5 Å². The topological polar surface area (TPSA) is 86.6 Å². The minimum Gasteiger partial charge on any atom is -0.476 e. The normalized spacial score (nSPS) is 24.7. The number of aromatic carboxylic acids is 1. The molecular weight excluding hydrogens is 222 g/mol. The van der Waals surface area contributed by atoms with E-state index >= 15 is 0 Å². The number of piperidine rings is 1. The highest BCUT2D eigenvalue weighted by Gasteiger charge is 2.25. The van der Waals surface area contributed by atoms with Crippen LogP contribution in [0.5, 0.6) is 0 Å². The van der Waals surface area contributed by atoms with Crippen LogP contribution in [0.25, 0.3) is 0 Å². The van der Waals surface area contributed by atoms with E-state index in [0.29, 0.717) is 12.4 Å². The average molecular weight is 237 g/mol. The van der Waals surface area contributed by atoms with Crippen LogP contribution in [0.4, 0.5) is 5.82 Å². The van der Waals surface area contributed by atoms with Crippen LogP contribution in [0.15, 0.2) is 12.4 Å². The maximum absolute atomic E-state index is 10.8. The Morgan fingerprint density at radius 3 is 2.94 bits per heavy atom. The lowest BCUT2D eigenvalue weighted by atomic mass is 9.96. The molecule has 1 aromatic rings. The molecule has 1 fully saturated rings. The van der Waals surface area contributed by atoms with Gasteiger partial charge < -0.3 is 15.1 Å². The summed E-state index contributed by atoms with van der Waals surface area (Å²) >= 11 is 0. The number of aliphatic hydroxyl groups excluding tert-OH is 1. The predicted octanol–water partition coefficient (Wildman–Crippen LogP) is 0.382. The number of aromatic nitrogens is 2. The number of hydrogen-bond acceptors (Lipinski definition) is 5. The number of nitrogens with zero attached hydrogens (tertiary/aromatic N) is 3. The summed E-state index contributed by atoms with van der Waals surface area (Å²) in [6.45, 7) is 3.23. The van der Waals surface area contributed by atoms with E-state index in [1.54, 1.807) is 0 Å². The van der Waals surface area contributed by atoms with Crippen molar-refractivity contribution >= 4 is 11.8 Å². The van der Waals surface area contributed by atoms with Gasteiger partial charge in [-0.1, -0.05) is 6.92 Å². The van der Waals surface area contributed by atoms with Crippen molar-refractivity contribution in [1.82, 2.24) is 9.97 Å². The van der Waals surface area contributed by atoms with Crippen LogP contribution in [-0.2, 0) is 0 Å². The van der Waals surface area contributed by atoms with Crippen LogP contribution < -0.4 is 4.90 Å². The van der Waals surface area contributed by atoms with E-state index in [1.165, 1.54) is 12.4 Å². The van der Waals surface area contributed by atoms with E-state index in [4.69, 9.17) is 5.11 Å². The zero-order valence-corrected chi connectivity index (χ0v) is 9.58. The SMILES string of the molecule is CC1CCN(c2cncc(C(=O)O)n2)CC1O. The lowest BCUT2D eigenvalue weighted by Gasteiger charge is -2.34. The molecule has 1 aromatic heterocycles. The molecule has 2 heterocycles. The maximum Gasteiger partial charge on any atom is 0.356 e. The molecule has 0 radical (unpaired) electrons. The van der Waals surface area contributed by atoms with Gasteiger partial charge >= 0.3 is 5.97 Å². The Morgan fingerprint density at radius 1 is 1.53 bits per heavy atom. The van der Waals surface area contributed by atoms with Crippen molar-refractivity contribution in [3.8, 4) is 0 Å². The molecule has 2 rings (SSSR count). The minimum atomic E-state index is -1.09. The number of β-amino-alcohol motifs (C(OH)–C–C–N with tert-alkyl or cyclic N) is 1. The van der Waals surface area contributed by atoms with Gasteiger partial charge in [-0.25, -0.2) is 9.78 Å². The number of aliphatic hydroxyl groups is 1. The fraction of sp³-hybridized carbons (Fsp3) is 0.545. The molecule has 1 aliphatic rings. The molecule has 0 aliphatic carbocycles. The Kier molecular flexibility index (Phi) is 3.23. The van der Waals surface area contributed by atoms with Crippen molar-refractivity contribution in [2.45, 2.75) is 19.4 Å². The molecule has 2 N–H and O–H groups in total. The van der Waals surface area contributed by atoms with E-state index in [-0.39, 0.29) is 11.6 Å². The molecule has 6 heteroatoms. The van der Waals surface area contributed by atoms with Gasteiger partial charge in [0.2, 0.25) is 0 Å². The number of carboxylic acids is 1. The summed E-state index contributed by atoms with van der Waals surface area (Å²) in [5.74, 6) is -0.317. The molecular formula is C11H15N3O3. The second-order valence-electron chi connectivity index (χ2n) is 4.35. The van der Waals surface area contributed by atoms with E-state index in [0.717, 1.165) is 13.0 Å². The molecule has 0 saturated carbocycles. The lowest BCUT2D eigenvalue weighted by Crippen LogP contribution is -2.43. The van der Waals surface area contributed by atoms with Crippen molar-refractivity contribution in [3.63, 3.8) is 0 Å². The Bertz CT molecular complexity index is 424. The molecule has 0 spiro atoms. The first kappa shape index (κ1) is 11.8. The van der Waals surface area contributed by atoms with Crippen molar-refractivity contribution in [1.29, 1.82) is 0 Å². The van der Waals surface area contributed by atoms with Crippen LogP contribution in [0.2, 0.25) is 0 Å². The minimum absolute atomic E-state index is 0.0735. The highest BCUT2D eigenvalue weighted by atomic mass is 16.4.